The molecular weight excluding hydrogens is 498 g/mol. The highest BCUT2D eigenvalue weighted by atomic mass is 32.2. The van der Waals surface area contributed by atoms with Crippen molar-refractivity contribution in [2.24, 2.45) is 12.5 Å². The fraction of sp³-hybridized carbons (Fsp3) is 0.367. The summed E-state index contributed by atoms with van der Waals surface area (Å²) in [5.41, 5.74) is 3.96. The van der Waals surface area contributed by atoms with Crippen LogP contribution in [0.3, 0.4) is 0 Å². The molecule has 38 heavy (non-hydrogen) atoms. The Morgan fingerprint density at radius 1 is 1.00 bits per heavy atom. The second-order valence-corrected chi connectivity index (χ2v) is 12.7. The van der Waals surface area contributed by atoms with Crippen molar-refractivity contribution in [3.05, 3.63) is 88.5 Å². The fourth-order valence-corrected chi connectivity index (χ4v) is 7.23. The molecule has 2 fully saturated rings. The summed E-state index contributed by atoms with van der Waals surface area (Å²) in [5.74, 6) is 0. The fourth-order valence-electron chi connectivity index (χ4n) is 5.87. The summed E-state index contributed by atoms with van der Waals surface area (Å²) >= 11 is 0. The lowest BCUT2D eigenvalue weighted by molar-refractivity contribution is 0.0773. The van der Waals surface area contributed by atoms with E-state index >= 15 is 0 Å². The minimum atomic E-state index is -3.97. The molecule has 0 bridgehead atoms. The zero-order valence-corrected chi connectivity index (χ0v) is 22.7. The first-order chi connectivity index (χ1) is 18.3. The van der Waals surface area contributed by atoms with Crippen molar-refractivity contribution >= 4 is 20.9 Å². The van der Waals surface area contributed by atoms with Crippen LogP contribution in [-0.4, -0.2) is 48.2 Å². The summed E-state index contributed by atoms with van der Waals surface area (Å²) < 4.78 is 35.7. The molecule has 2 aliphatic rings. The molecule has 8 heteroatoms. The van der Waals surface area contributed by atoms with Crippen LogP contribution in [0.25, 0.3) is 22.0 Å². The number of aromatic nitrogens is 2. The Hall–Kier alpha value is -3.20. The zero-order chi connectivity index (χ0) is 26.5. The van der Waals surface area contributed by atoms with E-state index < -0.39 is 10.0 Å². The van der Waals surface area contributed by atoms with E-state index in [4.69, 9.17) is 4.74 Å². The largest absolute Gasteiger partial charge is 0.381 e. The lowest BCUT2D eigenvalue weighted by Crippen LogP contribution is -2.39. The molecule has 7 nitrogen and oxygen atoms in total. The maximum atomic E-state index is 13.7. The molecule has 0 saturated carbocycles. The van der Waals surface area contributed by atoms with Crippen molar-refractivity contribution in [3.63, 3.8) is 0 Å². The molecule has 0 N–H and O–H groups in total. The van der Waals surface area contributed by atoms with Gasteiger partial charge < -0.3 is 9.30 Å². The molecular formula is C30H33N3O4S. The van der Waals surface area contributed by atoms with Crippen LogP contribution < -0.4 is 5.56 Å². The lowest BCUT2D eigenvalue weighted by Gasteiger charge is -2.38. The molecule has 0 aliphatic carbocycles. The maximum absolute atomic E-state index is 13.7. The summed E-state index contributed by atoms with van der Waals surface area (Å²) in [4.78, 5) is 15.9. The molecule has 0 atom stereocenters. The van der Waals surface area contributed by atoms with Crippen LogP contribution in [0.5, 0.6) is 0 Å². The number of piperidine rings is 1. The third-order valence-corrected chi connectivity index (χ3v) is 10.00. The van der Waals surface area contributed by atoms with Gasteiger partial charge in [0.1, 0.15) is 5.52 Å². The van der Waals surface area contributed by atoms with Gasteiger partial charge in [-0.05, 0) is 80.1 Å². The number of benzene rings is 2. The van der Waals surface area contributed by atoms with Gasteiger partial charge in [-0.2, -0.15) is 0 Å². The molecule has 2 aromatic carbocycles. The number of aryl methyl sites for hydroxylation is 2. The summed E-state index contributed by atoms with van der Waals surface area (Å²) in [6, 6.07) is 16.8. The first-order valence-electron chi connectivity index (χ1n) is 13.2. The van der Waals surface area contributed by atoms with Crippen molar-refractivity contribution < 1.29 is 13.2 Å². The van der Waals surface area contributed by atoms with Gasteiger partial charge in [0.05, 0.1) is 11.5 Å². The van der Waals surface area contributed by atoms with E-state index in [9.17, 15) is 13.2 Å². The highest BCUT2D eigenvalue weighted by molar-refractivity contribution is 7.90. The quantitative estimate of drug-likeness (QED) is 0.378. The van der Waals surface area contributed by atoms with Crippen LogP contribution in [0.15, 0.2) is 76.7 Å². The van der Waals surface area contributed by atoms with Gasteiger partial charge in [0.15, 0.2) is 0 Å². The highest BCUT2D eigenvalue weighted by Crippen LogP contribution is 2.39. The van der Waals surface area contributed by atoms with Gasteiger partial charge in [0.2, 0.25) is 0 Å². The molecule has 2 aromatic heterocycles. The molecule has 0 unspecified atom stereocenters. The molecule has 1 spiro atoms. The average molecular weight is 532 g/mol. The molecule has 2 saturated heterocycles. The van der Waals surface area contributed by atoms with Gasteiger partial charge in [-0.3, -0.25) is 9.69 Å². The monoisotopic (exact) mass is 531 g/mol. The SMILES string of the molecule is Cc1ccc(S(=O)(=O)n2cc(-c3cccc(CN4CCC5(CCOC5)CC4)c3)c3ccn(C)c(=O)c32)cc1. The first-order valence-corrected chi connectivity index (χ1v) is 14.6. The van der Waals surface area contributed by atoms with Crippen molar-refractivity contribution in [1.29, 1.82) is 0 Å². The van der Waals surface area contributed by atoms with E-state index in [0.717, 1.165) is 53.5 Å². The van der Waals surface area contributed by atoms with E-state index in [1.165, 1.54) is 29.4 Å². The molecule has 0 amide bonds. The Kier molecular flexibility index (Phi) is 6.29. The van der Waals surface area contributed by atoms with Crippen molar-refractivity contribution in [1.82, 2.24) is 13.4 Å². The van der Waals surface area contributed by atoms with Gasteiger partial charge in [-0.1, -0.05) is 35.9 Å². The number of pyridine rings is 1. The van der Waals surface area contributed by atoms with Gasteiger partial charge in [-0.15, -0.1) is 0 Å². The second-order valence-electron chi connectivity index (χ2n) is 10.9. The lowest BCUT2D eigenvalue weighted by atomic mass is 9.78. The molecule has 2 aliphatic heterocycles. The maximum Gasteiger partial charge on any atom is 0.275 e. The second kappa shape index (κ2) is 9.52. The van der Waals surface area contributed by atoms with E-state index in [0.29, 0.717) is 10.8 Å². The van der Waals surface area contributed by atoms with E-state index in [1.54, 1.807) is 43.7 Å². The smallest absolute Gasteiger partial charge is 0.275 e. The van der Waals surface area contributed by atoms with Crippen molar-refractivity contribution in [2.45, 2.75) is 37.6 Å². The Morgan fingerprint density at radius 3 is 2.47 bits per heavy atom. The van der Waals surface area contributed by atoms with Crippen LogP contribution in [0.1, 0.15) is 30.4 Å². The standard InChI is InChI=1S/C30H33N3O4S/c1-22-6-8-25(9-7-22)38(35,36)33-20-27(26-10-14-31(2)29(34)28(26)33)24-5-3-4-23(18-24)19-32-15-11-30(12-16-32)13-17-37-21-30/h3-10,14,18,20H,11-13,15-17,19,21H2,1-2H3. The van der Waals surface area contributed by atoms with Gasteiger partial charge >= 0.3 is 0 Å². The first kappa shape index (κ1) is 25.1. The van der Waals surface area contributed by atoms with Gasteiger partial charge in [-0.25, -0.2) is 12.4 Å². The number of likely N-dealkylation sites (tertiary alicyclic amines) is 1. The third kappa shape index (κ3) is 4.40. The van der Waals surface area contributed by atoms with Crippen molar-refractivity contribution in [3.8, 4) is 11.1 Å². The number of hydrogen-bond donors (Lipinski definition) is 0. The van der Waals surface area contributed by atoms with Crippen LogP contribution in [-0.2, 0) is 28.4 Å². The van der Waals surface area contributed by atoms with Crippen LogP contribution in [0.2, 0.25) is 0 Å². The number of hydrogen-bond acceptors (Lipinski definition) is 5. The number of ether oxygens (including phenoxy) is 1. The Morgan fingerprint density at radius 2 is 1.76 bits per heavy atom. The minimum absolute atomic E-state index is 0.154. The topological polar surface area (TPSA) is 73.5 Å². The predicted octanol–water partition coefficient (Wildman–Crippen LogP) is 4.55. The van der Waals surface area contributed by atoms with Crippen molar-refractivity contribution in [2.75, 3.05) is 26.3 Å². The Balaban J connectivity index is 1.37. The number of nitrogens with zero attached hydrogens (tertiary/aromatic N) is 3. The summed E-state index contributed by atoms with van der Waals surface area (Å²) in [5, 5.41) is 0.627. The minimum Gasteiger partial charge on any atom is -0.381 e. The Bertz CT molecular complexity index is 1650. The number of fused-ring (bicyclic) bond motifs is 1. The summed E-state index contributed by atoms with van der Waals surface area (Å²) in [6.45, 7) is 6.64. The normalized spacial score (nSPS) is 17.9. The molecule has 4 aromatic rings. The van der Waals surface area contributed by atoms with E-state index in [2.05, 4.69) is 17.0 Å². The summed E-state index contributed by atoms with van der Waals surface area (Å²) in [7, 11) is -2.33. The average Bonchev–Trinajstić information content (AvgIpc) is 3.54. The van der Waals surface area contributed by atoms with E-state index in [1.807, 2.05) is 25.1 Å². The molecule has 198 valence electrons. The molecule has 0 radical (unpaired) electrons. The summed E-state index contributed by atoms with van der Waals surface area (Å²) in [6.07, 6.45) is 6.80. The van der Waals surface area contributed by atoms with Crippen LogP contribution in [0.4, 0.5) is 0 Å². The van der Waals surface area contributed by atoms with Gasteiger partial charge in [0, 0.05) is 43.5 Å². The van der Waals surface area contributed by atoms with E-state index in [-0.39, 0.29) is 16.0 Å². The molecule has 6 rings (SSSR count). The van der Waals surface area contributed by atoms with Crippen LogP contribution >= 0.6 is 0 Å². The van der Waals surface area contributed by atoms with Gasteiger partial charge in [0.25, 0.3) is 15.6 Å². The molecule has 4 heterocycles. The number of rotatable bonds is 5. The van der Waals surface area contributed by atoms with Crippen LogP contribution in [0, 0.1) is 12.3 Å². The third-order valence-electron chi connectivity index (χ3n) is 8.32. The Labute approximate surface area is 223 Å². The predicted molar refractivity (Wildman–Crippen MR) is 149 cm³/mol. The zero-order valence-electron chi connectivity index (χ0n) is 21.9. The highest BCUT2D eigenvalue weighted by Gasteiger charge is 2.37.